The first-order chi connectivity index (χ1) is 31.2. The predicted octanol–water partition coefficient (Wildman–Crippen LogP) is 15.2. The van der Waals surface area contributed by atoms with E-state index in [-0.39, 0.29) is 0 Å². The summed E-state index contributed by atoms with van der Waals surface area (Å²) in [5.41, 5.74) is 9.16. The highest BCUT2D eigenvalue weighted by Crippen LogP contribution is 2.46. The van der Waals surface area contributed by atoms with E-state index in [9.17, 15) is 0 Å². The van der Waals surface area contributed by atoms with E-state index in [1.54, 1.807) is 0 Å². The largest absolute Gasteiger partial charge is 0.456 e. The molecule has 10 aromatic carbocycles. The van der Waals surface area contributed by atoms with Gasteiger partial charge in [-0.15, -0.1) is 0 Å². The summed E-state index contributed by atoms with van der Waals surface area (Å²) in [5.74, 6) is 1.64. The van der Waals surface area contributed by atoms with Gasteiger partial charge in [-0.1, -0.05) is 152 Å². The number of furan rings is 2. The Morgan fingerprint density at radius 3 is 1.54 bits per heavy atom. The second kappa shape index (κ2) is 12.9. The van der Waals surface area contributed by atoms with Crippen molar-refractivity contribution < 1.29 is 8.83 Å². The van der Waals surface area contributed by atoms with Crippen LogP contribution in [0.1, 0.15) is 0 Å². The smallest absolute Gasteiger partial charge is 0.238 e. The Morgan fingerprint density at radius 1 is 0.317 bits per heavy atom. The van der Waals surface area contributed by atoms with Gasteiger partial charge >= 0.3 is 0 Å². The van der Waals surface area contributed by atoms with Crippen LogP contribution in [0.2, 0.25) is 0 Å². The minimum atomic E-state index is 0.519. The first kappa shape index (κ1) is 34.1. The second-order valence-electron chi connectivity index (χ2n) is 16.3. The third-order valence-corrected chi connectivity index (χ3v) is 12.8. The molecule has 0 atom stereocenters. The van der Waals surface area contributed by atoms with E-state index in [1.807, 2.05) is 30.3 Å². The molecule has 0 saturated heterocycles. The summed E-state index contributed by atoms with van der Waals surface area (Å²) in [5, 5.41) is 13.4. The molecule has 0 fully saturated rings. The first-order valence-electron chi connectivity index (χ1n) is 21.2. The molecule has 0 aliphatic carbocycles. The molecule has 0 bridgehead atoms. The van der Waals surface area contributed by atoms with Crippen LogP contribution in [0.5, 0.6) is 0 Å². The number of fused-ring (bicyclic) bond motifs is 15. The Morgan fingerprint density at radius 2 is 0.825 bits per heavy atom. The van der Waals surface area contributed by atoms with Gasteiger partial charge in [-0.2, -0.15) is 9.97 Å². The van der Waals surface area contributed by atoms with Crippen molar-refractivity contribution in [1.29, 1.82) is 0 Å². The van der Waals surface area contributed by atoms with Crippen molar-refractivity contribution in [2.75, 3.05) is 0 Å². The number of hydrogen-bond donors (Lipinski definition) is 0. The summed E-state index contributed by atoms with van der Waals surface area (Å²) in [4.78, 5) is 16.2. The Hall–Kier alpha value is -8.61. The maximum absolute atomic E-state index is 6.48. The summed E-state index contributed by atoms with van der Waals surface area (Å²) >= 11 is 0. The number of para-hydroxylation sites is 3. The van der Waals surface area contributed by atoms with Crippen LogP contribution in [0.25, 0.3) is 138 Å². The molecule has 0 saturated carbocycles. The van der Waals surface area contributed by atoms with E-state index in [0.29, 0.717) is 17.6 Å². The van der Waals surface area contributed by atoms with Crippen LogP contribution in [0, 0.1) is 0 Å². The van der Waals surface area contributed by atoms with E-state index >= 15 is 0 Å². The zero-order chi connectivity index (χ0) is 41.2. The molecule has 14 rings (SSSR count). The lowest BCUT2D eigenvalue weighted by atomic mass is 9.96. The SMILES string of the molecule is c1ccc2cc(-c3nc(-c4ccc5c(c4)oc4ccccc45)nc(-n4c5c(-c6ccc7c(c6)oc6ccccc67)cccc5c5c6ccccc6c6ccccc6c54)n3)ccc2c1. The van der Waals surface area contributed by atoms with E-state index in [1.165, 1.54) is 10.8 Å². The lowest BCUT2D eigenvalue weighted by molar-refractivity contribution is 0.668. The highest BCUT2D eigenvalue weighted by Gasteiger charge is 2.25. The maximum Gasteiger partial charge on any atom is 0.238 e. The average Bonchev–Trinajstić information content (AvgIpc) is 4.03. The molecule has 0 aliphatic heterocycles. The molecule has 6 heteroatoms. The molecule has 292 valence electrons. The van der Waals surface area contributed by atoms with Crippen LogP contribution < -0.4 is 0 Å². The van der Waals surface area contributed by atoms with Crippen molar-refractivity contribution >= 4 is 98.0 Å². The van der Waals surface area contributed by atoms with E-state index < -0.39 is 0 Å². The topological polar surface area (TPSA) is 69.9 Å². The van der Waals surface area contributed by atoms with E-state index in [4.69, 9.17) is 23.8 Å². The van der Waals surface area contributed by atoms with Crippen LogP contribution >= 0.6 is 0 Å². The van der Waals surface area contributed by atoms with Gasteiger partial charge in [0, 0.05) is 54.4 Å². The van der Waals surface area contributed by atoms with Crippen LogP contribution in [0.15, 0.2) is 203 Å². The third kappa shape index (κ3) is 5.03. The van der Waals surface area contributed by atoms with Gasteiger partial charge in [0.1, 0.15) is 22.3 Å². The van der Waals surface area contributed by atoms with Gasteiger partial charge in [0.05, 0.1) is 11.0 Å². The van der Waals surface area contributed by atoms with E-state index in [2.05, 4.69) is 168 Å². The number of aromatic nitrogens is 4. The van der Waals surface area contributed by atoms with Gasteiger partial charge in [0.2, 0.25) is 5.95 Å². The Labute approximate surface area is 358 Å². The lowest BCUT2D eigenvalue weighted by Crippen LogP contribution is -2.07. The first-order valence-corrected chi connectivity index (χ1v) is 21.2. The average molecular weight is 805 g/mol. The maximum atomic E-state index is 6.48. The van der Waals surface area contributed by atoms with Gasteiger partial charge in [0.15, 0.2) is 11.6 Å². The van der Waals surface area contributed by atoms with Gasteiger partial charge in [0.25, 0.3) is 0 Å². The fourth-order valence-electron chi connectivity index (χ4n) is 9.97. The molecule has 4 aromatic heterocycles. The molecule has 0 amide bonds. The van der Waals surface area contributed by atoms with E-state index in [0.717, 1.165) is 109 Å². The quantitative estimate of drug-likeness (QED) is 0.166. The van der Waals surface area contributed by atoms with Crippen molar-refractivity contribution in [2.45, 2.75) is 0 Å². The standard InChI is InChI=1S/C57H32N4O2/c1-2-13-34-30-36(25-24-33(34)12-1)55-58-56(37-27-29-44-42-17-8-10-23-49(42)63-51(44)32-37)60-57(59-55)61-53-38(35-26-28-43-41-16-7-9-22-48(41)62-50(43)31-35)20-11-21-47(53)52-45-18-5-3-14-39(45)40-15-4-6-19-46(40)54(52)61/h1-32H. The summed E-state index contributed by atoms with van der Waals surface area (Å²) in [6.07, 6.45) is 0. The monoisotopic (exact) mass is 804 g/mol. The molecule has 14 aromatic rings. The molecule has 0 spiro atoms. The summed E-state index contributed by atoms with van der Waals surface area (Å²) < 4.78 is 15.2. The Kier molecular flexibility index (Phi) is 7.02. The number of rotatable bonds is 4. The van der Waals surface area contributed by atoms with Crippen molar-refractivity contribution in [3.63, 3.8) is 0 Å². The van der Waals surface area contributed by atoms with Gasteiger partial charge in [-0.3, -0.25) is 4.57 Å². The normalized spacial score (nSPS) is 12.1. The predicted molar refractivity (Wildman–Crippen MR) is 258 cm³/mol. The van der Waals surface area contributed by atoms with Gasteiger partial charge < -0.3 is 8.83 Å². The number of hydrogen-bond acceptors (Lipinski definition) is 5. The minimum absolute atomic E-state index is 0.519. The fourth-order valence-corrected chi connectivity index (χ4v) is 9.97. The van der Waals surface area contributed by atoms with Gasteiger partial charge in [-0.25, -0.2) is 4.98 Å². The third-order valence-electron chi connectivity index (χ3n) is 12.8. The Balaban J connectivity index is 1.12. The molecule has 4 heterocycles. The number of benzene rings is 10. The van der Waals surface area contributed by atoms with Crippen molar-refractivity contribution in [3.8, 4) is 39.9 Å². The molecule has 0 N–H and O–H groups in total. The van der Waals surface area contributed by atoms with Crippen LogP contribution in [-0.2, 0) is 0 Å². The molecule has 0 radical (unpaired) electrons. The van der Waals surface area contributed by atoms with Crippen LogP contribution in [0.4, 0.5) is 0 Å². The zero-order valence-corrected chi connectivity index (χ0v) is 33.6. The molecular weight excluding hydrogens is 773 g/mol. The molecule has 0 aliphatic rings. The Bertz CT molecular complexity index is 4230. The molecule has 6 nitrogen and oxygen atoms in total. The molecule has 63 heavy (non-hydrogen) atoms. The summed E-state index contributed by atoms with van der Waals surface area (Å²) in [6, 6.07) is 68.0. The highest BCUT2D eigenvalue weighted by molar-refractivity contribution is 6.33. The van der Waals surface area contributed by atoms with Crippen molar-refractivity contribution in [3.05, 3.63) is 194 Å². The molecular formula is C57H32N4O2. The fraction of sp³-hybridized carbons (Fsp3) is 0. The highest BCUT2D eigenvalue weighted by atomic mass is 16.3. The summed E-state index contributed by atoms with van der Waals surface area (Å²) in [6.45, 7) is 0. The van der Waals surface area contributed by atoms with Crippen molar-refractivity contribution in [1.82, 2.24) is 19.5 Å². The van der Waals surface area contributed by atoms with Crippen LogP contribution in [0.3, 0.4) is 0 Å². The van der Waals surface area contributed by atoms with Crippen molar-refractivity contribution in [2.24, 2.45) is 0 Å². The van der Waals surface area contributed by atoms with Gasteiger partial charge in [-0.05, 0) is 75.0 Å². The minimum Gasteiger partial charge on any atom is -0.456 e. The summed E-state index contributed by atoms with van der Waals surface area (Å²) in [7, 11) is 0. The second-order valence-corrected chi connectivity index (χ2v) is 16.3. The lowest BCUT2D eigenvalue weighted by Gasteiger charge is -2.14. The zero-order valence-electron chi connectivity index (χ0n) is 33.6. The molecule has 0 unspecified atom stereocenters. The van der Waals surface area contributed by atoms with Crippen LogP contribution in [-0.4, -0.2) is 19.5 Å². The number of nitrogens with zero attached hydrogens (tertiary/aromatic N) is 4.